The fourth-order valence-corrected chi connectivity index (χ4v) is 4.63. The Morgan fingerprint density at radius 2 is 1.53 bits per heavy atom. The molecule has 0 N–H and O–H groups in total. The van der Waals surface area contributed by atoms with Crippen molar-refractivity contribution in [3.63, 3.8) is 0 Å². The van der Waals surface area contributed by atoms with Gasteiger partial charge in [0.2, 0.25) is 6.23 Å². The largest absolute Gasteiger partial charge is 0.454 e. The quantitative estimate of drug-likeness (QED) is 0.185. The van der Waals surface area contributed by atoms with Gasteiger partial charge >= 0.3 is 5.97 Å². The zero-order valence-corrected chi connectivity index (χ0v) is 20.3. The smallest absolute Gasteiger partial charge is 0.334 e. The molecule has 6 nitrogen and oxygen atoms in total. The summed E-state index contributed by atoms with van der Waals surface area (Å²) in [6.45, 7) is 3.97. The van der Waals surface area contributed by atoms with Crippen LogP contribution < -0.4 is 0 Å². The van der Waals surface area contributed by atoms with Crippen molar-refractivity contribution < 1.29 is 19.1 Å². The third-order valence-corrected chi connectivity index (χ3v) is 6.63. The minimum Gasteiger partial charge on any atom is -0.454 e. The Kier molecular flexibility index (Phi) is 6.87. The van der Waals surface area contributed by atoms with Gasteiger partial charge in [-0.05, 0) is 22.3 Å². The van der Waals surface area contributed by atoms with Crippen molar-refractivity contribution in [2.45, 2.75) is 30.8 Å². The number of amides is 1. The highest BCUT2D eigenvalue weighted by molar-refractivity contribution is 6.20. The van der Waals surface area contributed by atoms with E-state index in [-0.39, 0.29) is 11.8 Å². The molecule has 3 unspecified atom stereocenters. The van der Waals surface area contributed by atoms with Crippen molar-refractivity contribution in [1.29, 1.82) is 0 Å². The monoisotopic (exact) mass is 500 g/mol. The summed E-state index contributed by atoms with van der Waals surface area (Å²) < 4.78 is 12.0. The van der Waals surface area contributed by atoms with Crippen LogP contribution in [0.3, 0.4) is 0 Å². The number of nitrogens with zero attached hydrogens (tertiary/aromatic N) is 2. The van der Waals surface area contributed by atoms with Crippen LogP contribution >= 0.6 is 11.6 Å². The topological polar surface area (TPSA) is 68.2 Å². The number of carbonyl (C=O) groups excluding carboxylic acids is 2. The van der Waals surface area contributed by atoms with Crippen LogP contribution in [0.5, 0.6) is 0 Å². The summed E-state index contributed by atoms with van der Waals surface area (Å²) in [6, 6.07) is 26.9. The Hall–Kier alpha value is -3.90. The molecule has 0 spiro atoms. The number of hydrogen-bond donors (Lipinski definition) is 0. The number of fused-ring (bicyclic) bond motifs is 1. The van der Waals surface area contributed by atoms with Crippen LogP contribution in [0.4, 0.5) is 0 Å². The van der Waals surface area contributed by atoms with Gasteiger partial charge in [0.1, 0.15) is 0 Å². The van der Waals surface area contributed by atoms with Crippen LogP contribution in [0.25, 0.3) is 0 Å². The van der Waals surface area contributed by atoms with Gasteiger partial charge in [-0.1, -0.05) is 97.6 Å². The molecule has 5 rings (SSSR count). The Morgan fingerprint density at radius 1 is 0.972 bits per heavy atom. The van der Waals surface area contributed by atoms with Crippen molar-refractivity contribution >= 4 is 29.4 Å². The number of halogens is 1. The maximum absolute atomic E-state index is 13.6. The molecule has 0 bridgehead atoms. The lowest BCUT2D eigenvalue weighted by molar-refractivity contribution is -0.178. The summed E-state index contributed by atoms with van der Waals surface area (Å²) in [5, 5.41) is 0. The molecule has 182 valence electrons. The van der Waals surface area contributed by atoms with E-state index in [0.29, 0.717) is 17.9 Å². The summed E-state index contributed by atoms with van der Waals surface area (Å²) in [5.74, 6) is -0.486. The number of benzene rings is 3. The lowest BCUT2D eigenvalue weighted by Gasteiger charge is -2.44. The number of β-lactam (4-membered cyclic amide) rings is 1. The van der Waals surface area contributed by atoms with Crippen LogP contribution in [-0.4, -0.2) is 46.9 Å². The van der Waals surface area contributed by atoms with Gasteiger partial charge in [0.15, 0.2) is 24.1 Å². The molecule has 0 aromatic heterocycles. The maximum Gasteiger partial charge on any atom is 0.334 e. The molecule has 1 amide bonds. The molecular weight excluding hydrogens is 476 g/mol. The average molecular weight is 501 g/mol. The van der Waals surface area contributed by atoms with Gasteiger partial charge in [-0.2, -0.15) is 0 Å². The van der Waals surface area contributed by atoms with E-state index in [4.69, 9.17) is 21.1 Å². The van der Waals surface area contributed by atoms with Crippen molar-refractivity contribution in [3.8, 4) is 0 Å². The summed E-state index contributed by atoms with van der Waals surface area (Å²) in [7, 11) is 0. The van der Waals surface area contributed by atoms with Gasteiger partial charge in [-0.15, -0.1) is 11.6 Å². The number of esters is 1. The summed E-state index contributed by atoms with van der Waals surface area (Å²) >= 11 is 6.10. The molecule has 3 aromatic rings. The van der Waals surface area contributed by atoms with Crippen molar-refractivity contribution in [1.82, 2.24) is 4.90 Å². The van der Waals surface area contributed by atoms with E-state index in [1.54, 1.807) is 0 Å². The highest BCUT2D eigenvalue weighted by Crippen LogP contribution is 2.36. The second kappa shape index (κ2) is 10.4. The minimum atomic E-state index is -1.09. The molecule has 0 saturated carbocycles. The zero-order chi connectivity index (χ0) is 25.1. The van der Waals surface area contributed by atoms with E-state index in [9.17, 15) is 9.59 Å². The molecule has 3 aromatic carbocycles. The first-order chi connectivity index (χ1) is 17.6. The molecular formula is C29H25ClN2O4. The Labute approximate surface area is 214 Å². The summed E-state index contributed by atoms with van der Waals surface area (Å²) in [6.07, 6.45) is -0.891. The van der Waals surface area contributed by atoms with Crippen LogP contribution in [0, 0.1) is 0 Å². The lowest BCUT2D eigenvalue weighted by atomic mass is 9.97. The van der Waals surface area contributed by atoms with Crippen LogP contribution in [0.2, 0.25) is 0 Å². The summed E-state index contributed by atoms with van der Waals surface area (Å²) in [5.41, 5.74) is 3.00. The molecule has 3 atom stereocenters. The number of rotatable bonds is 9. The highest BCUT2D eigenvalue weighted by Gasteiger charge is 2.58. The number of alkyl halides is 1. The highest BCUT2D eigenvalue weighted by atomic mass is 35.5. The molecule has 36 heavy (non-hydrogen) atoms. The molecule has 1 saturated heterocycles. The van der Waals surface area contributed by atoms with E-state index in [0.717, 1.165) is 16.7 Å². The van der Waals surface area contributed by atoms with Crippen LogP contribution in [0.15, 0.2) is 108 Å². The normalized spacial score (nSPS) is 19.1. The van der Waals surface area contributed by atoms with Gasteiger partial charge < -0.3 is 9.47 Å². The van der Waals surface area contributed by atoms with E-state index in [2.05, 4.69) is 11.6 Å². The molecule has 0 radical (unpaired) electrons. The molecule has 0 aliphatic carbocycles. The third kappa shape index (κ3) is 4.64. The van der Waals surface area contributed by atoms with Crippen molar-refractivity contribution in [2.75, 3.05) is 5.88 Å². The molecule has 2 aliphatic rings. The maximum atomic E-state index is 13.6. The standard InChI is InChI=1S/C29H25ClN2O4/c1-19(18-30)25(29(34)36-26(21-13-7-3-8-14-21)22-15-9-4-10-16-22)32-27(33)24-28(32)35-23(31-24)17-20-11-5-2-6-12-20/h2-16,24-26,28H,1,17-18H2. The van der Waals surface area contributed by atoms with Crippen LogP contribution in [-0.2, 0) is 25.5 Å². The van der Waals surface area contributed by atoms with Gasteiger partial charge in [0, 0.05) is 12.3 Å². The predicted octanol–water partition coefficient (Wildman–Crippen LogP) is 4.69. The first kappa shape index (κ1) is 23.8. The predicted molar refractivity (Wildman–Crippen MR) is 138 cm³/mol. The molecule has 7 heteroatoms. The van der Waals surface area contributed by atoms with Gasteiger partial charge in [0.25, 0.3) is 5.91 Å². The van der Waals surface area contributed by atoms with Gasteiger partial charge in [0.05, 0.1) is 0 Å². The number of aliphatic imine (C=N–C) groups is 1. The summed E-state index contributed by atoms with van der Waals surface area (Å²) in [4.78, 5) is 32.5. The SMILES string of the molecule is C=C(CCl)C(C(=O)OC(c1ccccc1)c1ccccc1)N1C(=O)C2N=C(Cc3ccccc3)OC21. The number of likely N-dealkylation sites (tertiary alicyclic amines) is 1. The van der Waals surface area contributed by atoms with E-state index in [1.165, 1.54) is 4.90 Å². The fraction of sp³-hybridized carbons (Fsp3) is 0.207. The first-order valence-electron chi connectivity index (χ1n) is 11.7. The van der Waals surface area contributed by atoms with E-state index >= 15 is 0 Å². The van der Waals surface area contributed by atoms with Crippen LogP contribution in [0.1, 0.15) is 22.8 Å². The Balaban J connectivity index is 1.37. The van der Waals surface area contributed by atoms with Gasteiger partial charge in [-0.25, -0.2) is 9.79 Å². The molecule has 1 fully saturated rings. The Morgan fingerprint density at radius 3 is 2.08 bits per heavy atom. The van der Waals surface area contributed by atoms with E-state index in [1.807, 2.05) is 91.0 Å². The molecule has 2 heterocycles. The van der Waals surface area contributed by atoms with Crippen molar-refractivity contribution in [3.05, 3.63) is 120 Å². The first-order valence-corrected chi connectivity index (χ1v) is 12.2. The third-order valence-electron chi connectivity index (χ3n) is 6.29. The average Bonchev–Trinajstić information content (AvgIpc) is 3.29. The minimum absolute atomic E-state index is 0.0139. The van der Waals surface area contributed by atoms with Gasteiger partial charge in [-0.3, -0.25) is 9.69 Å². The Bertz CT molecular complexity index is 1240. The van der Waals surface area contributed by atoms with Crippen molar-refractivity contribution in [2.24, 2.45) is 4.99 Å². The number of ether oxygens (including phenoxy) is 2. The number of carbonyl (C=O) groups is 2. The second-order valence-corrected chi connectivity index (χ2v) is 8.98. The second-order valence-electron chi connectivity index (χ2n) is 8.72. The molecule has 2 aliphatic heterocycles. The number of hydrogen-bond acceptors (Lipinski definition) is 5. The fourth-order valence-electron chi connectivity index (χ4n) is 4.48. The zero-order valence-electron chi connectivity index (χ0n) is 19.5. The van der Waals surface area contributed by atoms with E-state index < -0.39 is 30.4 Å². The lowest BCUT2D eigenvalue weighted by Crippen LogP contribution is -2.68.